The van der Waals surface area contributed by atoms with E-state index in [0.29, 0.717) is 5.78 Å². The van der Waals surface area contributed by atoms with E-state index in [9.17, 15) is 4.79 Å². The van der Waals surface area contributed by atoms with Crippen LogP contribution in [0.25, 0.3) is 0 Å². The zero-order valence-corrected chi connectivity index (χ0v) is 9.98. The van der Waals surface area contributed by atoms with Crippen molar-refractivity contribution in [3.63, 3.8) is 0 Å². The van der Waals surface area contributed by atoms with Crippen LogP contribution < -0.4 is 0 Å². The SMILES string of the molecule is CCCn1cc(C2CCCCCC2=O)cn1. The Morgan fingerprint density at radius 2 is 2.31 bits per heavy atom. The monoisotopic (exact) mass is 220 g/mol. The highest BCUT2D eigenvalue weighted by atomic mass is 16.1. The molecule has 1 atom stereocenters. The number of ketones is 1. The molecule has 1 aliphatic rings. The molecule has 1 aliphatic carbocycles. The third-order valence-corrected chi connectivity index (χ3v) is 3.31. The topological polar surface area (TPSA) is 34.9 Å². The third kappa shape index (κ3) is 2.52. The van der Waals surface area contributed by atoms with Gasteiger partial charge in [-0.2, -0.15) is 5.10 Å². The Balaban J connectivity index is 2.11. The predicted octanol–water partition coefficient (Wildman–Crippen LogP) is 2.91. The second-order valence-corrected chi connectivity index (χ2v) is 4.65. The normalized spacial score (nSPS) is 22.1. The molecule has 0 aromatic carbocycles. The van der Waals surface area contributed by atoms with E-state index in [-0.39, 0.29) is 5.92 Å². The largest absolute Gasteiger partial charge is 0.299 e. The van der Waals surface area contributed by atoms with Crippen LogP contribution >= 0.6 is 0 Å². The summed E-state index contributed by atoms with van der Waals surface area (Å²) in [6.45, 7) is 3.08. The molecule has 2 rings (SSSR count). The summed E-state index contributed by atoms with van der Waals surface area (Å²) >= 11 is 0. The smallest absolute Gasteiger partial charge is 0.140 e. The Bertz CT molecular complexity index is 357. The van der Waals surface area contributed by atoms with Gasteiger partial charge in [-0.25, -0.2) is 0 Å². The number of hydrogen-bond acceptors (Lipinski definition) is 2. The Morgan fingerprint density at radius 3 is 3.12 bits per heavy atom. The molecule has 0 spiro atoms. The molecule has 0 amide bonds. The number of rotatable bonds is 3. The Morgan fingerprint density at radius 1 is 1.44 bits per heavy atom. The second-order valence-electron chi connectivity index (χ2n) is 4.65. The van der Waals surface area contributed by atoms with Crippen molar-refractivity contribution in [1.29, 1.82) is 0 Å². The van der Waals surface area contributed by atoms with E-state index in [1.807, 2.05) is 10.9 Å². The molecule has 1 aromatic rings. The van der Waals surface area contributed by atoms with E-state index in [0.717, 1.165) is 37.8 Å². The Labute approximate surface area is 96.8 Å². The predicted molar refractivity (Wildman–Crippen MR) is 63.4 cm³/mol. The maximum absolute atomic E-state index is 11.9. The molecule has 0 N–H and O–H groups in total. The molecular weight excluding hydrogens is 200 g/mol. The molecule has 3 heteroatoms. The lowest BCUT2D eigenvalue weighted by atomic mass is 9.93. The van der Waals surface area contributed by atoms with Crippen molar-refractivity contribution in [2.45, 2.75) is 57.9 Å². The summed E-state index contributed by atoms with van der Waals surface area (Å²) in [6.07, 6.45) is 10.2. The van der Waals surface area contributed by atoms with Gasteiger partial charge in [-0.3, -0.25) is 9.48 Å². The first-order valence-electron chi connectivity index (χ1n) is 6.36. The molecule has 1 fully saturated rings. The molecule has 0 aliphatic heterocycles. The van der Waals surface area contributed by atoms with Gasteiger partial charge in [0.05, 0.1) is 6.20 Å². The van der Waals surface area contributed by atoms with Gasteiger partial charge in [0.25, 0.3) is 0 Å². The highest BCUT2D eigenvalue weighted by molar-refractivity contribution is 5.85. The van der Waals surface area contributed by atoms with Gasteiger partial charge in [0.2, 0.25) is 0 Å². The third-order valence-electron chi connectivity index (χ3n) is 3.31. The van der Waals surface area contributed by atoms with Gasteiger partial charge in [-0.1, -0.05) is 19.8 Å². The van der Waals surface area contributed by atoms with Crippen LogP contribution in [-0.2, 0) is 11.3 Å². The van der Waals surface area contributed by atoms with Crippen LogP contribution in [0.2, 0.25) is 0 Å². The Hall–Kier alpha value is -1.12. The fourth-order valence-electron chi connectivity index (χ4n) is 2.42. The van der Waals surface area contributed by atoms with Crippen LogP contribution in [-0.4, -0.2) is 15.6 Å². The van der Waals surface area contributed by atoms with Crippen molar-refractivity contribution >= 4 is 5.78 Å². The number of carbonyl (C=O) groups is 1. The van der Waals surface area contributed by atoms with Gasteiger partial charge in [-0.15, -0.1) is 0 Å². The van der Waals surface area contributed by atoms with Gasteiger partial charge in [-0.05, 0) is 19.3 Å². The average Bonchev–Trinajstić information content (AvgIpc) is 2.61. The minimum Gasteiger partial charge on any atom is -0.299 e. The lowest BCUT2D eigenvalue weighted by Gasteiger charge is -2.09. The number of aryl methyl sites for hydroxylation is 1. The van der Waals surface area contributed by atoms with Gasteiger partial charge in [0.1, 0.15) is 5.78 Å². The van der Waals surface area contributed by atoms with E-state index in [4.69, 9.17) is 0 Å². The standard InChI is InChI=1S/C13H20N2O/c1-2-8-15-10-11(9-14-15)12-6-4-3-5-7-13(12)16/h9-10,12H,2-8H2,1H3. The molecule has 3 nitrogen and oxygen atoms in total. The van der Waals surface area contributed by atoms with Crippen molar-refractivity contribution in [3.05, 3.63) is 18.0 Å². The fourth-order valence-corrected chi connectivity index (χ4v) is 2.42. The molecule has 16 heavy (non-hydrogen) atoms. The first-order chi connectivity index (χ1) is 7.81. The summed E-state index contributed by atoms with van der Waals surface area (Å²) in [5.41, 5.74) is 1.13. The quantitative estimate of drug-likeness (QED) is 0.734. The number of hydrogen-bond donors (Lipinski definition) is 0. The van der Waals surface area contributed by atoms with Crippen LogP contribution in [0.1, 0.15) is 56.9 Å². The lowest BCUT2D eigenvalue weighted by Crippen LogP contribution is -2.09. The zero-order chi connectivity index (χ0) is 11.4. The summed E-state index contributed by atoms with van der Waals surface area (Å²) in [5.74, 6) is 0.529. The van der Waals surface area contributed by atoms with Gasteiger partial charge in [0.15, 0.2) is 0 Å². The van der Waals surface area contributed by atoms with E-state index in [1.165, 1.54) is 12.8 Å². The highest BCUT2D eigenvalue weighted by Gasteiger charge is 2.23. The van der Waals surface area contributed by atoms with Crippen LogP contribution in [0.3, 0.4) is 0 Å². The van der Waals surface area contributed by atoms with Crippen molar-refractivity contribution < 1.29 is 4.79 Å². The van der Waals surface area contributed by atoms with Crippen LogP contribution in [0, 0.1) is 0 Å². The van der Waals surface area contributed by atoms with E-state index < -0.39 is 0 Å². The van der Waals surface area contributed by atoms with E-state index >= 15 is 0 Å². The molecule has 0 radical (unpaired) electrons. The van der Waals surface area contributed by atoms with Crippen molar-refractivity contribution in [2.75, 3.05) is 0 Å². The molecule has 0 saturated heterocycles. The minimum absolute atomic E-state index is 0.119. The van der Waals surface area contributed by atoms with Crippen molar-refractivity contribution in [2.24, 2.45) is 0 Å². The molecule has 1 aromatic heterocycles. The number of Topliss-reactive ketones (excluding diaryl/α,β-unsaturated/α-hetero) is 1. The first-order valence-corrected chi connectivity index (χ1v) is 6.36. The minimum atomic E-state index is 0.119. The average molecular weight is 220 g/mol. The maximum atomic E-state index is 11.9. The summed E-state index contributed by atoms with van der Waals surface area (Å²) in [5, 5.41) is 4.31. The summed E-state index contributed by atoms with van der Waals surface area (Å²) in [4.78, 5) is 11.9. The first kappa shape index (κ1) is 11.4. The Kier molecular flexibility index (Phi) is 3.75. The lowest BCUT2D eigenvalue weighted by molar-refractivity contribution is -0.120. The van der Waals surface area contributed by atoms with Gasteiger partial charge in [0, 0.05) is 30.6 Å². The van der Waals surface area contributed by atoms with Crippen LogP contribution in [0.15, 0.2) is 12.4 Å². The number of aromatic nitrogens is 2. The van der Waals surface area contributed by atoms with Crippen LogP contribution in [0.4, 0.5) is 0 Å². The van der Waals surface area contributed by atoms with Crippen LogP contribution in [0.5, 0.6) is 0 Å². The molecule has 0 bridgehead atoms. The zero-order valence-electron chi connectivity index (χ0n) is 9.98. The second kappa shape index (κ2) is 5.28. The molecular formula is C13H20N2O. The summed E-state index contributed by atoms with van der Waals surface area (Å²) in [7, 11) is 0. The van der Waals surface area contributed by atoms with Gasteiger partial charge >= 0.3 is 0 Å². The molecule has 1 unspecified atom stereocenters. The van der Waals surface area contributed by atoms with Crippen molar-refractivity contribution in [1.82, 2.24) is 9.78 Å². The maximum Gasteiger partial charge on any atom is 0.140 e. The number of carbonyl (C=O) groups excluding carboxylic acids is 1. The molecule has 88 valence electrons. The fraction of sp³-hybridized carbons (Fsp3) is 0.692. The van der Waals surface area contributed by atoms with Gasteiger partial charge < -0.3 is 0 Å². The summed E-state index contributed by atoms with van der Waals surface area (Å²) < 4.78 is 1.95. The van der Waals surface area contributed by atoms with Crippen molar-refractivity contribution in [3.8, 4) is 0 Å². The molecule has 1 saturated carbocycles. The summed E-state index contributed by atoms with van der Waals surface area (Å²) in [6, 6.07) is 0. The highest BCUT2D eigenvalue weighted by Crippen LogP contribution is 2.28. The number of nitrogens with zero attached hydrogens (tertiary/aromatic N) is 2. The molecule has 1 heterocycles. The van der Waals surface area contributed by atoms with E-state index in [1.54, 1.807) is 0 Å². The van der Waals surface area contributed by atoms with E-state index in [2.05, 4.69) is 18.2 Å².